The molecule has 0 spiro atoms. The van der Waals surface area contributed by atoms with Crippen LogP contribution in [0.3, 0.4) is 0 Å². The first-order valence-electron chi connectivity index (χ1n) is 6.43. The van der Waals surface area contributed by atoms with E-state index < -0.39 is 5.54 Å². The van der Waals surface area contributed by atoms with E-state index in [9.17, 15) is 4.79 Å². The van der Waals surface area contributed by atoms with E-state index in [0.717, 1.165) is 13.1 Å². The van der Waals surface area contributed by atoms with Gasteiger partial charge < -0.3 is 5.32 Å². The van der Waals surface area contributed by atoms with Crippen molar-refractivity contribution in [2.24, 2.45) is 0 Å². The molecule has 0 aromatic heterocycles. The zero-order valence-electron chi connectivity index (χ0n) is 11.7. The van der Waals surface area contributed by atoms with Gasteiger partial charge in [0.15, 0.2) is 0 Å². The van der Waals surface area contributed by atoms with Crippen molar-refractivity contribution >= 4 is 5.91 Å². The van der Waals surface area contributed by atoms with E-state index >= 15 is 0 Å². The molecular formula is C15H22N2O. The Kier molecular flexibility index (Phi) is 3.20. The maximum atomic E-state index is 12.2. The Labute approximate surface area is 109 Å². The second-order valence-electron chi connectivity index (χ2n) is 6.24. The summed E-state index contributed by atoms with van der Waals surface area (Å²) in [4.78, 5) is 14.4. The number of piperazine rings is 1. The van der Waals surface area contributed by atoms with E-state index in [1.54, 1.807) is 0 Å². The first-order chi connectivity index (χ1) is 8.31. The first kappa shape index (κ1) is 13.1. The van der Waals surface area contributed by atoms with Crippen LogP contribution in [0.2, 0.25) is 0 Å². The highest BCUT2D eigenvalue weighted by atomic mass is 16.2. The van der Waals surface area contributed by atoms with Crippen LogP contribution in [0.25, 0.3) is 0 Å². The normalized spacial score (nSPS) is 22.6. The van der Waals surface area contributed by atoms with Gasteiger partial charge in [-0.1, -0.05) is 30.3 Å². The summed E-state index contributed by atoms with van der Waals surface area (Å²) in [5.74, 6) is 0.106. The number of rotatable bonds is 2. The standard InChI is InChI=1S/C15H22N2O/c1-14(2)11-17(15(3,4)13(18)16-14)10-12-8-6-5-7-9-12/h5-9H,10-11H2,1-4H3,(H,16,18). The Balaban J connectivity index is 2.21. The molecule has 1 aliphatic heterocycles. The van der Waals surface area contributed by atoms with Crippen LogP contribution in [-0.4, -0.2) is 28.4 Å². The van der Waals surface area contributed by atoms with Gasteiger partial charge in [-0.3, -0.25) is 9.69 Å². The Morgan fingerprint density at radius 3 is 2.39 bits per heavy atom. The van der Waals surface area contributed by atoms with Gasteiger partial charge in [0.1, 0.15) is 0 Å². The minimum absolute atomic E-state index is 0.106. The van der Waals surface area contributed by atoms with Gasteiger partial charge in [-0.2, -0.15) is 0 Å². The number of hydrogen-bond acceptors (Lipinski definition) is 2. The number of nitrogens with one attached hydrogen (secondary N) is 1. The molecule has 18 heavy (non-hydrogen) atoms. The lowest BCUT2D eigenvalue weighted by atomic mass is 9.90. The number of benzene rings is 1. The minimum atomic E-state index is -0.453. The molecule has 0 unspecified atom stereocenters. The molecule has 1 N–H and O–H groups in total. The van der Waals surface area contributed by atoms with Crippen LogP contribution in [-0.2, 0) is 11.3 Å². The zero-order chi connectivity index (χ0) is 13.4. The maximum Gasteiger partial charge on any atom is 0.240 e. The summed E-state index contributed by atoms with van der Waals surface area (Å²) in [6.07, 6.45) is 0. The van der Waals surface area contributed by atoms with E-state index in [4.69, 9.17) is 0 Å². The molecule has 3 nitrogen and oxygen atoms in total. The van der Waals surface area contributed by atoms with Gasteiger partial charge >= 0.3 is 0 Å². The van der Waals surface area contributed by atoms with Crippen LogP contribution >= 0.6 is 0 Å². The van der Waals surface area contributed by atoms with E-state index in [0.29, 0.717) is 0 Å². The third-order valence-corrected chi connectivity index (χ3v) is 3.60. The second-order valence-corrected chi connectivity index (χ2v) is 6.24. The van der Waals surface area contributed by atoms with Crippen molar-refractivity contribution in [2.45, 2.75) is 45.3 Å². The third-order valence-electron chi connectivity index (χ3n) is 3.60. The summed E-state index contributed by atoms with van der Waals surface area (Å²) < 4.78 is 0. The Morgan fingerprint density at radius 2 is 1.78 bits per heavy atom. The molecule has 1 fully saturated rings. The quantitative estimate of drug-likeness (QED) is 0.867. The summed E-state index contributed by atoms with van der Waals surface area (Å²) in [6, 6.07) is 10.3. The van der Waals surface area contributed by atoms with Gasteiger partial charge in [-0.15, -0.1) is 0 Å². The fraction of sp³-hybridized carbons (Fsp3) is 0.533. The molecular weight excluding hydrogens is 224 g/mol. The van der Waals surface area contributed by atoms with Gasteiger partial charge in [0.05, 0.1) is 5.54 Å². The fourth-order valence-electron chi connectivity index (χ4n) is 2.38. The average Bonchev–Trinajstić information content (AvgIpc) is 2.27. The number of carbonyl (C=O) groups is 1. The highest BCUT2D eigenvalue weighted by molar-refractivity contribution is 5.87. The van der Waals surface area contributed by atoms with Gasteiger partial charge in [-0.25, -0.2) is 0 Å². The minimum Gasteiger partial charge on any atom is -0.348 e. The molecule has 1 saturated heterocycles. The number of amides is 1. The van der Waals surface area contributed by atoms with Crippen molar-refractivity contribution in [2.75, 3.05) is 6.54 Å². The van der Waals surface area contributed by atoms with Crippen molar-refractivity contribution < 1.29 is 4.79 Å². The van der Waals surface area contributed by atoms with Crippen LogP contribution in [0.1, 0.15) is 33.3 Å². The topological polar surface area (TPSA) is 32.3 Å². The van der Waals surface area contributed by atoms with E-state index in [-0.39, 0.29) is 11.4 Å². The highest BCUT2D eigenvalue weighted by Gasteiger charge is 2.43. The van der Waals surface area contributed by atoms with Gasteiger partial charge in [0, 0.05) is 18.6 Å². The smallest absolute Gasteiger partial charge is 0.240 e. The molecule has 1 aromatic rings. The Hall–Kier alpha value is -1.35. The first-order valence-corrected chi connectivity index (χ1v) is 6.43. The van der Waals surface area contributed by atoms with E-state index in [1.807, 2.05) is 32.0 Å². The zero-order valence-corrected chi connectivity index (χ0v) is 11.7. The molecule has 1 heterocycles. The fourth-order valence-corrected chi connectivity index (χ4v) is 2.38. The molecule has 98 valence electrons. The Bertz CT molecular complexity index is 437. The molecule has 1 aliphatic rings. The lowest BCUT2D eigenvalue weighted by Gasteiger charge is -2.48. The van der Waals surface area contributed by atoms with Crippen molar-refractivity contribution in [1.29, 1.82) is 0 Å². The molecule has 0 radical (unpaired) electrons. The van der Waals surface area contributed by atoms with Crippen LogP contribution in [0.15, 0.2) is 30.3 Å². The molecule has 0 atom stereocenters. The predicted molar refractivity (Wildman–Crippen MR) is 73.2 cm³/mol. The summed E-state index contributed by atoms with van der Waals surface area (Å²) in [5.41, 5.74) is 0.628. The lowest BCUT2D eigenvalue weighted by molar-refractivity contribution is -0.140. The molecule has 0 aliphatic carbocycles. The summed E-state index contributed by atoms with van der Waals surface area (Å²) in [6.45, 7) is 9.78. The number of hydrogen-bond donors (Lipinski definition) is 1. The summed E-state index contributed by atoms with van der Waals surface area (Å²) >= 11 is 0. The van der Waals surface area contributed by atoms with Crippen molar-refractivity contribution in [3.05, 3.63) is 35.9 Å². The van der Waals surface area contributed by atoms with Crippen molar-refractivity contribution in [3.8, 4) is 0 Å². The van der Waals surface area contributed by atoms with Crippen molar-refractivity contribution in [1.82, 2.24) is 10.2 Å². The molecule has 1 aromatic carbocycles. The molecule has 0 bridgehead atoms. The summed E-state index contributed by atoms with van der Waals surface area (Å²) in [5, 5.41) is 3.08. The van der Waals surface area contributed by atoms with Gasteiger partial charge in [-0.05, 0) is 33.3 Å². The Morgan fingerprint density at radius 1 is 1.17 bits per heavy atom. The molecule has 2 rings (SSSR count). The van der Waals surface area contributed by atoms with Gasteiger partial charge in [0.2, 0.25) is 5.91 Å². The largest absolute Gasteiger partial charge is 0.348 e. The molecule has 3 heteroatoms. The summed E-state index contributed by atoms with van der Waals surface area (Å²) in [7, 11) is 0. The third kappa shape index (κ3) is 2.56. The highest BCUT2D eigenvalue weighted by Crippen LogP contribution is 2.26. The SMILES string of the molecule is CC1(C)CN(Cc2ccccc2)C(C)(C)C(=O)N1. The van der Waals surface area contributed by atoms with Gasteiger partial charge in [0.25, 0.3) is 0 Å². The lowest BCUT2D eigenvalue weighted by Crippen LogP contribution is -2.68. The van der Waals surface area contributed by atoms with E-state index in [1.165, 1.54) is 5.56 Å². The van der Waals surface area contributed by atoms with Crippen molar-refractivity contribution in [3.63, 3.8) is 0 Å². The second kappa shape index (κ2) is 4.39. The number of carbonyl (C=O) groups excluding carboxylic acids is 1. The van der Waals surface area contributed by atoms with Crippen LogP contribution in [0, 0.1) is 0 Å². The van der Waals surface area contributed by atoms with Crippen LogP contribution < -0.4 is 5.32 Å². The van der Waals surface area contributed by atoms with Crippen LogP contribution in [0.5, 0.6) is 0 Å². The number of nitrogens with zero attached hydrogens (tertiary/aromatic N) is 1. The predicted octanol–water partition coefficient (Wildman–Crippen LogP) is 2.18. The molecule has 0 saturated carbocycles. The maximum absolute atomic E-state index is 12.2. The van der Waals surface area contributed by atoms with Crippen LogP contribution in [0.4, 0.5) is 0 Å². The van der Waals surface area contributed by atoms with E-state index in [2.05, 4.69) is 36.2 Å². The molecule has 1 amide bonds. The monoisotopic (exact) mass is 246 g/mol. The average molecular weight is 246 g/mol.